The molecule has 0 atom stereocenters. The minimum Gasteiger partial charge on any atom is -0.370 e. The van der Waals surface area contributed by atoms with Gasteiger partial charge in [0.25, 0.3) is 0 Å². The summed E-state index contributed by atoms with van der Waals surface area (Å²) in [5, 5.41) is 3.64. The Balaban J connectivity index is 1.90. The summed E-state index contributed by atoms with van der Waals surface area (Å²) in [5.41, 5.74) is 0.149. The van der Waals surface area contributed by atoms with Crippen molar-refractivity contribution >= 4 is 0 Å². The highest BCUT2D eigenvalue weighted by atomic mass is 16.5. The molecule has 0 bridgehead atoms. The molecule has 0 unspecified atom stereocenters. The van der Waals surface area contributed by atoms with Crippen molar-refractivity contribution in [1.29, 1.82) is 0 Å². The second-order valence-corrected chi connectivity index (χ2v) is 7.27. The first-order chi connectivity index (χ1) is 9.74. The highest BCUT2D eigenvalue weighted by Gasteiger charge is 2.37. The van der Waals surface area contributed by atoms with Crippen LogP contribution in [0.1, 0.15) is 84.5 Å². The van der Waals surface area contributed by atoms with Gasteiger partial charge in [0.05, 0.1) is 11.7 Å². The molecule has 2 aliphatic carbocycles. The number of ether oxygens (including phenoxy) is 1. The lowest BCUT2D eigenvalue weighted by molar-refractivity contribution is -0.120. The molecule has 0 aromatic heterocycles. The molecule has 0 aromatic rings. The molecule has 2 rings (SSSR count). The molecule has 2 fully saturated rings. The van der Waals surface area contributed by atoms with Gasteiger partial charge in [-0.2, -0.15) is 0 Å². The molecular formula is C18H35NO. The van der Waals surface area contributed by atoms with Gasteiger partial charge >= 0.3 is 0 Å². The normalized spacial score (nSPS) is 33.0. The van der Waals surface area contributed by atoms with Gasteiger partial charge in [-0.15, -0.1) is 0 Å². The second-order valence-electron chi connectivity index (χ2n) is 7.27. The maximum Gasteiger partial charge on any atom is 0.0810 e. The first-order valence-electron chi connectivity index (χ1n) is 9.13. The third kappa shape index (κ3) is 5.04. The number of hydrogen-bond acceptors (Lipinski definition) is 2. The van der Waals surface area contributed by atoms with Gasteiger partial charge in [0.1, 0.15) is 0 Å². The minimum atomic E-state index is 0.149. The van der Waals surface area contributed by atoms with Crippen LogP contribution in [0.3, 0.4) is 0 Å². The van der Waals surface area contributed by atoms with Gasteiger partial charge in [-0.1, -0.05) is 39.5 Å². The van der Waals surface area contributed by atoms with E-state index >= 15 is 0 Å². The number of rotatable bonds is 6. The summed E-state index contributed by atoms with van der Waals surface area (Å²) < 4.78 is 6.73. The van der Waals surface area contributed by atoms with Crippen molar-refractivity contribution in [2.75, 3.05) is 13.1 Å². The smallest absolute Gasteiger partial charge is 0.0810 e. The largest absolute Gasteiger partial charge is 0.370 e. The summed E-state index contributed by atoms with van der Waals surface area (Å²) in [6.45, 7) is 6.85. The van der Waals surface area contributed by atoms with Crippen molar-refractivity contribution < 1.29 is 4.74 Å². The molecule has 0 radical (unpaired) electrons. The third-order valence-corrected chi connectivity index (χ3v) is 5.28. The molecule has 0 heterocycles. The van der Waals surface area contributed by atoms with Crippen LogP contribution in [-0.2, 0) is 4.74 Å². The van der Waals surface area contributed by atoms with Crippen LogP contribution in [0, 0.1) is 5.92 Å². The van der Waals surface area contributed by atoms with Gasteiger partial charge in [-0.3, -0.25) is 0 Å². The molecule has 118 valence electrons. The van der Waals surface area contributed by atoms with Gasteiger partial charge < -0.3 is 10.1 Å². The van der Waals surface area contributed by atoms with Crippen molar-refractivity contribution in [2.24, 2.45) is 5.92 Å². The van der Waals surface area contributed by atoms with E-state index in [1.54, 1.807) is 0 Å². The van der Waals surface area contributed by atoms with Crippen LogP contribution in [0.4, 0.5) is 0 Å². The van der Waals surface area contributed by atoms with Crippen LogP contribution in [0.5, 0.6) is 0 Å². The van der Waals surface area contributed by atoms with Crippen molar-refractivity contribution in [3.8, 4) is 0 Å². The van der Waals surface area contributed by atoms with E-state index < -0.39 is 0 Å². The van der Waals surface area contributed by atoms with E-state index in [1.807, 2.05) is 0 Å². The zero-order valence-electron chi connectivity index (χ0n) is 13.8. The van der Waals surface area contributed by atoms with E-state index in [2.05, 4.69) is 19.2 Å². The average molecular weight is 281 g/mol. The standard InChI is InChI=1S/C18H35NO/c1-3-14-19-15-18(12-10-16(2)11-13-18)20-17-8-6-4-5-7-9-17/h16-17,19H,3-15H2,1-2H3. The lowest BCUT2D eigenvalue weighted by atomic mass is 9.79. The van der Waals surface area contributed by atoms with Crippen molar-refractivity contribution in [3.63, 3.8) is 0 Å². The zero-order valence-corrected chi connectivity index (χ0v) is 13.8. The molecule has 2 nitrogen and oxygen atoms in total. The Morgan fingerprint density at radius 2 is 1.65 bits per heavy atom. The van der Waals surface area contributed by atoms with Crippen molar-refractivity contribution in [2.45, 2.75) is 96.2 Å². The van der Waals surface area contributed by atoms with Crippen molar-refractivity contribution in [3.05, 3.63) is 0 Å². The van der Waals surface area contributed by atoms with E-state index in [9.17, 15) is 0 Å². The zero-order chi connectivity index (χ0) is 14.3. The maximum atomic E-state index is 6.73. The van der Waals surface area contributed by atoms with Crippen LogP contribution in [0.15, 0.2) is 0 Å². The number of hydrogen-bond donors (Lipinski definition) is 1. The Labute approximate surface area is 126 Å². The van der Waals surface area contributed by atoms with E-state index in [0.717, 1.165) is 19.0 Å². The van der Waals surface area contributed by atoms with Crippen LogP contribution < -0.4 is 5.32 Å². The number of nitrogens with one attached hydrogen (secondary N) is 1. The first-order valence-corrected chi connectivity index (χ1v) is 9.13. The fraction of sp³-hybridized carbons (Fsp3) is 1.00. The Hall–Kier alpha value is -0.0800. The molecule has 2 aliphatic rings. The molecule has 2 saturated carbocycles. The quantitative estimate of drug-likeness (QED) is 0.564. The SMILES string of the molecule is CCCNCC1(OC2CCCCCC2)CCC(C)CC1. The van der Waals surface area contributed by atoms with Gasteiger partial charge in [0.2, 0.25) is 0 Å². The third-order valence-electron chi connectivity index (χ3n) is 5.28. The summed E-state index contributed by atoms with van der Waals surface area (Å²) in [6, 6.07) is 0. The maximum absolute atomic E-state index is 6.73. The fourth-order valence-electron chi connectivity index (χ4n) is 3.83. The fourth-order valence-corrected chi connectivity index (χ4v) is 3.83. The molecule has 0 aliphatic heterocycles. The highest BCUT2D eigenvalue weighted by molar-refractivity contribution is 4.90. The molecule has 0 aromatic carbocycles. The van der Waals surface area contributed by atoms with E-state index in [4.69, 9.17) is 4.74 Å². The van der Waals surface area contributed by atoms with Crippen LogP contribution in [-0.4, -0.2) is 24.8 Å². The van der Waals surface area contributed by atoms with Gasteiger partial charge in [-0.05, 0) is 57.4 Å². The highest BCUT2D eigenvalue weighted by Crippen LogP contribution is 2.37. The second kappa shape index (κ2) is 8.38. The Morgan fingerprint density at radius 3 is 2.25 bits per heavy atom. The summed E-state index contributed by atoms with van der Waals surface area (Å²) in [7, 11) is 0. The first kappa shape index (κ1) is 16.3. The summed E-state index contributed by atoms with van der Waals surface area (Å²) in [6.07, 6.45) is 15.2. The molecular weight excluding hydrogens is 246 g/mol. The van der Waals surface area contributed by atoms with Gasteiger partial charge in [0, 0.05) is 6.54 Å². The predicted molar refractivity (Wildman–Crippen MR) is 86.1 cm³/mol. The lowest BCUT2D eigenvalue weighted by Crippen LogP contribution is -2.48. The Kier molecular flexibility index (Phi) is 6.83. The average Bonchev–Trinajstić information content (AvgIpc) is 2.71. The topological polar surface area (TPSA) is 21.3 Å². The molecule has 20 heavy (non-hydrogen) atoms. The van der Waals surface area contributed by atoms with E-state index in [0.29, 0.717) is 6.10 Å². The predicted octanol–water partition coefficient (Wildman–Crippen LogP) is 4.67. The van der Waals surface area contributed by atoms with Crippen molar-refractivity contribution in [1.82, 2.24) is 5.32 Å². The Morgan fingerprint density at radius 1 is 1.00 bits per heavy atom. The lowest BCUT2D eigenvalue weighted by Gasteiger charge is -2.42. The van der Waals surface area contributed by atoms with Gasteiger partial charge in [0.15, 0.2) is 0 Å². The van der Waals surface area contributed by atoms with E-state index in [-0.39, 0.29) is 5.60 Å². The van der Waals surface area contributed by atoms with Crippen LogP contribution in [0.2, 0.25) is 0 Å². The summed E-state index contributed by atoms with van der Waals surface area (Å²) >= 11 is 0. The van der Waals surface area contributed by atoms with Crippen LogP contribution >= 0.6 is 0 Å². The molecule has 0 amide bonds. The molecule has 0 spiro atoms. The molecule has 2 heteroatoms. The summed E-state index contributed by atoms with van der Waals surface area (Å²) in [4.78, 5) is 0. The molecule has 1 N–H and O–H groups in total. The monoisotopic (exact) mass is 281 g/mol. The van der Waals surface area contributed by atoms with E-state index in [1.165, 1.54) is 70.6 Å². The Bertz CT molecular complexity index is 250. The molecule has 0 saturated heterocycles. The van der Waals surface area contributed by atoms with Gasteiger partial charge in [-0.25, -0.2) is 0 Å². The minimum absolute atomic E-state index is 0.149. The summed E-state index contributed by atoms with van der Waals surface area (Å²) in [5.74, 6) is 0.895. The van der Waals surface area contributed by atoms with Crippen LogP contribution in [0.25, 0.3) is 0 Å².